The predicted molar refractivity (Wildman–Crippen MR) is 65.2 cm³/mol. The van der Waals surface area contributed by atoms with Gasteiger partial charge in [-0.05, 0) is 25.3 Å². The second kappa shape index (κ2) is 4.87. The summed E-state index contributed by atoms with van der Waals surface area (Å²) in [5.74, 6) is 0.391. The van der Waals surface area contributed by atoms with Crippen LogP contribution in [0.3, 0.4) is 0 Å². The second-order valence-corrected chi connectivity index (χ2v) is 4.85. The molecule has 1 atom stereocenters. The van der Waals surface area contributed by atoms with Gasteiger partial charge in [0, 0.05) is 0 Å². The van der Waals surface area contributed by atoms with E-state index < -0.39 is 0 Å². The van der Waals surface area contributed by atoms with Crippen LogP contribution in [0.2, 0.25) is 0 Å². The van der Waals surface area contributed by atoms with Crippen molar-refractivity contribution in [3.8, 4) is 5.88 Å². The van der Waals surface area contributed by atoms with E-state index in [1.54, 1.807) is 0 Å². The molecule has 5 nitrogen and oxygen atoms in total. The maximum Gasteiger partial charge on any atom is 0.258 e. The third kappa shape index (κ3) is 2.49. The third-order valence-corrected chi connectivity index (χ3v) is 3.17. The number of aromatic hydroxyl groups is 1. The van der Waals surface area contributed by atoms with Crippen molar-refractivity contribution in [1.82, 2.24) is 15.3 Å². The highest BCUT2D eigenvalue weighted by molar-refractivity contribution is 5.26. The Labute approximate surface area is 100 Å². The largest absolute Gasteiger partial charge is 0.493 e. The molecule has 3 N–H and O–H groups in total. The maximum absolute atomic E-state index is 11.9. The van der Waals surface area contributed by atoms with E-state index in [4.69, 9.17) is 0 Å². The van der Waals surface area contributed by atoms with Crippen LogP contribution < -0.4 is 10.9 Å². The van der Waals surface area contributed by atoms with Crippen LogP contribution >= 0.6 is 0 Å². The van der Waals surface area contributed by atoms with Crippen molar-refractivity contribution in [2.45, 2.75) is 45.1 Å². The van der Waals surface area contributed by atoms with E-state index in [0.717, 1.165) is 25.8 Å². The Morgan fingerprint density at radius 2 is 2.18 bits per heavy atom. The molecule has 1 aliphatic rings. The first-order valence-corrected chi connectivity index (χ1v) is 6.16. The Balaban J connectivity index is 2.34. The average Bonchev–Trinajstić information content (AvgIpc) is 2.28. The SMILES string of the molecule is CC(C)c1c(O)nc(C2CCCCN2)[nH]c1=O. The molecule has 0 spiro atoms. The van der Waals surface area contributed by atoms with E-state index in [-0.39, 0.29) is 23.4 Å². The van der Waals surface area contributed by atoms with Crippen molar-refractivity contribution in [2.75, 3.05) is 6.54 Å². The molecule has 0 radical (unpaired) electrons. The number of hydrogen-bond acceptors (Lipinski definition) is 4. The quantitative estimate of drug-likeness (QED) is 0.726. The molecule has 1 unspecified atom stereocenters. The van der Waals surface area contributed by atoms with Crippen LogP contribution in [0.15, 0.2) is 4.79 Å². The molecule has 94 valence electrons. The van der Waals surface area contributed by atoms with E-state index >= 15 is 0 Å². The fourth-order valence-electron chi connectivity index (χ4n) is 2.26. The van der Waals surface area contributed by atoms with Gasteiger partial charge in [0.25, 0.3) is 5.56 Å². The Kier molecular flexibility index (Phi) is 3.47. The summed E-state index contributed by atoms with van der Waals surface area (Å²) in [5, 5.41) is 13.1. The van der Waals surface area contributed by atoms with Gasteiger partial charge in [-0.15, -0.1) is 0 Å². The molecule has 2 rings (SSSR count). The molecule has 0 amide bonds. The summed E-state index contributed by atoms with van der Waals surface area (Å²) in [6.45, 7) is 4.66. The predicted octanol–water partition coefficient (Wildman–Crippen LogP) is 1.41. The summed E-state index contributed by atoms with van der Waals surface area (Å²) in [7, 11) is 0. The molecule has 2 heterocycles. The number of nitrogens with one attached hydrogen (secondary N) is 2. The lowest BCUT2D eigenvalue weighted by atomic mass is 10.0. The van der Waals surface area contributed by atoms with E-state index in [1.807, 2.05) is 13.8 Å². The number of piperidine rings is 1. The summed E-state index contributed by atoms with van der Waals surface area (Å²) >= 11 is 0. The molecule has 0 aliphatic carbocycles. The summed E-state index contributed by atoms with van der Waals surface area (Å²) in [6.07, 6.45) is 3.22. The standard InChI is InChI=1S/C12H19N3O2/c1-7(2)9-11(16)14-10(15-12(9)17)8-5-3-4-6-13-8/h7-8,13H,3-6H2,1-2H3,(H2,14,15,16,17). The highest BCUT2D eigenvalue weighted by atomic mass is 16.3. The van der Waals surface area contributed by atoms with Gasteiger partial charge < -0.3 is 15.4 Å². The van der Waals surface area contributed by atoms with Crippen molar-refractivity contribution >= 4 is 0 Å². The van der Waals surface area contributed by atoms with Crippen LogP contribution in [0, 0.1) is 0 Å². The summed E-state index contributed by atoms with van der Waals surface area (Å²) in [4.78, 5) is 18.8. The van der Waals surface area contributed by atoms with Crippen LogP contribution in [-0.2, 0) is 0 Å². The lowest BCUT2D eigenvalue weighted by Gasteiger charge is -2.22. The minimum Gasteiger partial charge on any atom is -0.493 e. The van der Waals surface area contributed by atoms with Crippen LogP contribution in [-0.4, -0.2) is 21.6 Å². The van der Waals surface area contributed by atoms with E-state index in [1.165, 1.54) is 0 Å². The highest BCUT2D eigenvalue weighted by Crippen LogP contribution is 2.23. The smallest absolute Gasteiger partial charge is 0.258 e. The Hall–Kier alpha value is -1.36. The number of rotatable bonds is 2. The first kappa shape index (κ1) is 12.1. The van der Waals surface area contributed by atoms with Gasteiger partial charge in [0.2, 0.25) is 5.88 Å². The average molecular weight is 237 g/mol. The zero-order valence-corrected chi connectivity index (χ0v) is 10.3. The molecule has 5 heteroatoms. The van der Waals surface area contributed by atoms with Crippen molar-refractivity contribution in [1.29, 1.82) is 0 Å². The van der Waals surface area contributed by atoms with Gasteiger partial charge >= 0.3 is 0 Å². The summed E-state index contributed by atoms with van der Waals surface area (Å²) < 4.78 is 0. The minimum atomic E-state index is -0.227. The molecule has 0 saturated carbocycles. The van der Waals surface area contributed by atoms with Gasteiger partial charge in [-0.2, -0.15) is 4.98 Å². The van der Waals surface area contributed by atoms with Crippen molar-refractivity contribution in [3.63, 3.8) is 0 Å². The maximum atomic E-state index is 11.9. The number of nitrogens with zero attached hydrogens (tertiary/aromatic N) is 1. The fourth-order valence-corrected chi connectivity index (χ4v) is 2.26. The Morgan fingerprint density at radius 1 is 1.41 bits per heavy atom. The number of hydrogen-bond donors (Lipinski definition) is 3. The van der Waals surface area contributed by atoms with Crippen LogP contribution in [0.1, 0.15) is 56.5 Å². The zero-order chi connectivity index (χ0) is 12.4. The highest BCUT2D eigenvalue weighted by Gasteiger charge is 2.20. The lowest BCUT2D eigenvalue weighted by molar-refractivity contribution is 0.382. The fraction of sp³-hybridized carbons (Fsp3) is 0.667. The molecule has 1 fully saturated rings. The van der Waals surface area contributed by atoms with Crippen molar-refractivity contribution < 1.29 is 5.11 Å². The van der Waals surface area contributed by atoms with Gasteiger partial charge in [0.15, 0.2) is 0 Å². The number of aromatic amines is 1. The lowest BCUT2D eigenvalue weighted by Crippen LogP contribution is -2.30. The van der Waals surface area contributed by atoms with E-state index in [9.17, 15) is 9.90 Å². The molecule has 17 heavy (non-hydrogen) atoms. The minimum absolute atomic E-state index is 0.0281. The van der Waals surface area contributed by atoms with Gasteiger partial charge in [0.1, 0.15) is 5.82 Å². The van der Waals surface area contributed by atoms with Gasteiger partial charge in [-0.1, -0.05) is 20.3 Å². The van der Waals surface area contributed by atoms with Gasteiger partial charge in [-0.3, -0.25) is 4.79 Å². The molecular weight excluding hydrogens is 218 g/mol. The van der Waals surface area contributed by atoms with Gasteiger partial charge in [-0.25, -0.2) is 0 Å². The molecule has 0 aromatic carbocycles. The van der Waals surface area contributed by atoms with Gasteiger partial charge in [0.05, 0.1) is 11.6 Å². The first-order valence-electron chi connectivity index (χ1n) is 6.16. The van der Waals surface area contributed by atoms with Crippen LogP contribution in [0.25, 0.3) is 0 Å². The third-order valence-electron chi connectivity index (χ3n) is 3.17. The Morgan fingerprint density at radius 3 is 2.71 bits per heavy atom. The molecule has 0 bridgehead atoms. The van der Waals surface area contributed by atoms with Crippen LogP contribution in [0.5, 0.6) is 5.88 Å². The van der Waals surface area contributed by atoms with Crippen LogP contribution in [0.4, 0.5) is 0 Å². The van der Waals surface area contributed by atoms with E-state index in [0.29, 0.717) is 11.4 Å². The number of aromatic nitrogens is 2. The molecule has 1 aromatic rings. The van der Waals surface area contributed by atoms with Crippen molar-refractivity contribution in [2.24, 2.45) is 0 Å². The van der Waals surface area contributed by atoms with E-state index in [2.05, 4.69) is 15.3 Å². The summed E-state index contributed by atoms with van der Waals surface area (Å²) in [6, 6.07) is 0.0589. The van der Waals surface area contributed by atoms with Crippen molar-refractivity contribution in [3.05, 3.63) is 21.7 Å². The number of H-pyrrole nitrogens is 1. The molecule has 1 saturated heterocycles. The second-order valence-electron chi connectivity index (χ2n) is 4.85. The topological polar surface area (TPSA) is 78.0 Å². The summed E-state index contributed by atoms with van der Waals surface area (Å²) in [5.41, 5.74) is 0.138. The monoisotopic (exact) mass is 237 g/mol. The molecule has 1 aliphatic heterocycles. The normalized spacial score (nSPS) is 20.8. The molecular formula is C12H19N3O2. The first-order chi connectivity index (χ1) is 8.09. The Bertz CT molecular complexity index is 448. The molecule has 1 aromatic heterocycles. The zero-order valence-electron chi connectivity index (χ0n) is 10.3.